The molecule has 1 aliphatic rings. The number of ether oxygens (including phenoxy) is 1. The van der Waals surface area contributed by atoms with Crippen LogP contribution in [-0.2, 0) is 11.3 Å². The van der Waals surface area contributed by atoms with Gasteiger partial charge in [-0.1, -0.05) is 0 Å². The molecule has 1 atom stereocenters. The van der Waals surface area contributed by atoms with Crippen LogP contribution in [-0.4, -0.2) is 51.5 Å². The van der Waals surface area contributed by atoms with Crippen LogP contribution in [0.2, 0.25) is 0 Å². The molecule has 1 amide bonds. The van der Waals surface area contributed by atoms with E-state index < -0.39 is 5.91 Å². The van der Waals surface area contributed by atoms with Gasteiger partial charge >= 0.3 is 0 Å². The SMILES string of the molecule is NC(=O)c1cc2c(N3CCCC[C@H]3COCCn3cncn3)ccnc2s1. The van der Waals surface area contributed by atoms with E-state index in [1.165, 1.54) is 24.1 Å². The number of hydrogen-bond donors (Lipinski definition) is 1. The van der Waals surface area contributed by atoms with Crippen LogP contribution in [0.25, 0.3) is 10.2 Å². The number of anilines is 1. The van der Waals surface area contributed by atoms with E-state index in [1.54, 1.807) is 17.2 Å². The fraction of sp³-hybridized carbons (Fsp3) is 0.444. The van der Waals surface area contributed by atoms with Gasteiger partial charge in [-0.05, 0) is 31.4 Å². The number of pyridine rings is 1. The number of fused-ring (bicyclic) bond motifs is 1. The first-order valence-corrected chi connectivity index (χ1v) is 9.89. The van der Waals surface area contributed by atoms with Crippen LogP contribution in [0.1, 0.15) is 28.9 Å². The standard InChI is InChI=1S/C18H22N6O2S/c19-17(25)16-9-14-15(4-5-21-18(14)27-16)24-6-2-1-3-13(24)10-26-8-7-23-12-20-11-22-23/h4-5,9,11-13H,1-3,6-8,10H2,(H2,19,25)/t13-/m0/s1. The summed E-state index contributed by atoms with van der Waals surface area (Å²) in [4.78, 5) is 23.7. The molecule has 1 fully saturated rings. The first-order valence-electron chi connectivity index (χ1n) is 9.07. The van der Waals surface area contributed by atoms with Crippen molar-refractivity contribution >= 4 is 33.1 Å². The molecule has 142 valence electrons. The second kappa shape index (κ2) is 8.01. The van der Waals surface area contributed by atoms with Crippen LogP contribution in [0.3, 0.4) is 0 Å². The van der Waals surface area contributed by atoms with Crippen molar-refractivity contribution in [2.75, 3.05) is 24.7 Å². The highest BCUT2D eigenvalue weighted by Crippen LogP contribution is 2.34. The number of carbonyl (C=O) groups is 1. The van der Waals surface area contributed by atoms with Gasteiger partial charge in [-0.15, -0.1) is 11.3 Å². The quantitative estimate of drug-likeness (QED) is 0.624. The number of thiophene rings is 1. The molecular formula is C18H22N6O2S. The van der Waals surface area contributed by atoms with Crippen molar-refractivity contribution in [3.63, 3.8) is 0 Å². The van der Waals surface area contributed by atoms with Gasteiger partial charge in [0.05, 0.1) is 30.7 Å². The molecule has 2 N–H and O–H groups in total. The van der Waals surface area contributed by atoms with Crippen LogP contribution in [0.15, 0.2) is 31.0 Å². The van der Waals surface area contributed by atoms with Gasteiger partial charge in [-0.2, -0.15) is 5.10 Å². The van der Waals surface area contributed by atoms with E-state index in [0.29, 0.717) is 30.7 Å². The second-order valence-corrected chi connectivity index (χ2v) is 7.63. The average Bonchev–Trinajstić information content (AvgIpc) is 3.35. The van der Waals surface area contributed by atoms with Crippen molar-refractivity contribution in [2.45, 2.75) is 31.8 Å². The van der Waals surface area contributed by atoms with Gasteiger partial charge in [0.15, 0.2) is 0 Å². The highest BCUT2D eigenvalue weighted by atomic mass is 32.1. The smallest absolute Gasteiger partial charge is 0.258 e. The molecule has 1 saturated heterocycles. The maximum Gasteiger partial charge on any atom is 0.258 e. The summed E-state index contributed by atoms with van der Waals surface area (Å²) in [5.74, 6) is -0.407. The summed E-state index contributed by atoms with van der Waals surface area (Å²) < 4.78 is 7.70. The molecule has 0 bridgehead atoms. The van der Waals surface area contributed by atoms with E-state index in [1.807, 2.05) is 12.1 Å². The van der Waals surface area contributed by atoms with Crippen LogP contribution < -0.4 is 10.6 Å². The van der Waals surface area contributed by atoms with Crippen LogP contribution >= 0.6 is 11.3 Å². The summed E-state index contributed by atoms with van der Waals surface area (Å²) in [6.07, 6.45) is 8.44. The minimum Gasteiger partial charge on any atom is -0.377 e. The number of nitrogens with two attached hydrogens (primary N) is 1. The number of piperidine rings is 1. The van der Waals surface area contributed by atoms with E-state index in [4.69, 9.17) is 10.5 Å². The minimum absolute atomic E-state index is 0.303. The lowest BCUT2D eigenvalue weighted by molar-refractivity contribution is 0.100. The Hall–Kier alpha value is -2.52. The van der Waals surface area contributed by atoms with E-state index in [0.717, 1.165) is 35.3 Å². The Morgan fingerprint density at radius 1 is 1.41 bits per heavy atom. The molecular weight excluding hydrogens is 364 g/mol. The van der Waals surface area contributed by atoms with Gasteiger partial charge in [-0.3, -0.25) is 9.48 Å². The highest BCUT2D eigenvalue weighted by Gasteiger charge is 2.25. The molecule has 27 heavy (non-hydrogen) atoms. The van der Waals surface area contributed by atoms with Crippen molar-refractivity contribution < 1.29 is 9.53 Å². The van der Waals surface area contributed by atoms with Crippen molar-refractivity contribution in [2.24, 2.45) is 5.73 Å². The number of primary amides is 1. The minimum atomic E-state index is -0.407. The average molecular weight is 386 g/mol. The molecule has 8 nitrogen and oxygen atoms in total. The van der Waals surface area contributed by atoms with E-state index in [-0.39, 0.29) is 0 Å². The summed E-state index contributed by atoms with van der Waals surface area (Å²) >= 11 is 1.35. The third-order valence-electron chi connectivity index (χ3n) is 4.83. The fourth-order valence-corrected chi connectivity index (χ4v) is 4.39. The first-order chi connectivity index (χ1) is 13.2. The fourth-order valence-electron chi connectivity index (χ4n) is 3.51. The Morgan fingerprint density at radius 2 is 2.33 bits per heavy atom. The molecule has 0 saturated carbocycles. The molecule has 3 aromatic rings. The Labute approximate surface area is 161 Å². The summed E-state index contributed by atoms with van der Waals surface area (Å²) in [7, 11) is 0. The topological polar surface area (TPSA) is 99.2 Å². The number of carbonyl (C=O) groups excluding carboxylic acids is 1. The first kappa shape index (κ1) is 17.9. The molecule has 0 aromatic carbocycles. The maximum absolute atomic E-state index is 11.6. The second-order valence-electron chi connectivity index (χ2n) is 6.60. The molecule has 0 spiro atoms. The molecule has 1 aliphatic heterocycles. The normalized spacial score (nSPS) is 17.5. The zero-order chi connectivity index (χ0) is 18.6. The third kappa shape index (κ3) is 3.93. The number of amides is 1. The van der Waals surface area contributed by atoms with Crippen LogP contribution in [0.5, 0.6) is 0 Å². The predicted molar refractivity (Wildman–Crippen MR) is 104 cm³/mol. The van der Waals surface area contributed by atoms with Gasteiger partial charge in [0.2, 0.25) is 0 Å². The zero-order valence-electron chi connectivity index (χ0n) is 15.0. The Kier molecular flexibility index (Phi) is 5.30. The number of hydrogen-bond acceptors (Lipinski definition) is 7. The van der Waals surface area contributed by atoms with Crippen molar-refractivity contribution in [3.8, 4) is 0 Å². The molecule has 4 rings (SSSR count). The van der Waals surface area contributed by atoms with Crippen LogP contribution in [0, 0.1) is 0 Å². The molecule has 9 heteroatoms. The Bertz CT molecular complexity index is 910. The monoisotopic (exact) mass is 386 g/mol. The molecule has 0 radical (unpaired) electrons. The van der Waals surface area contributed by atoms with Crippen molar-refractivity contribution in [1.29, 1.82) is 0 Å². The number of nitrogens with zero attached hydrogens (tertiary/aromatic N) is 5. The van der Waals surface area contributed by atoms with Crippen molar-refractivity contribution in [3.05, 3.63) is 35.9 Å². The van der Waals surface area contributed by atoms with Gasteiger partial charge in [-0.25, -0.2) is 9.97 Å². The van der Waals surface area contributed by atoms with Crippen LogP contribution in [0.4, 0.5) is 5.69 Å². The molecule has 4 heterocycles. The maximum atomic E-state index is 11.6. The number of rotatable bonds is 7. The van der Waals surface area contributed by atoms with Crippen molar-refractivity contribution in [1.82, 2.24) is 19.7 Å². The summed E-state index contributed by atoms with van der Waals surface area (Å²) in [5, 5.41) is 5.08. The molecule has 0 unspecified atom stereocenters. The Balaban J connectivity index is 1.48. The number of aromatic nitrogens is 4. The van der Waals surface area contributed by atoms with Gasteiger partial charge in [0.1, 0.15) is 17.5 Å². The van der Waals surface area contributed by atoms with Gasteiger partial charge in [0, 0.05) is 23.8 Å². The van der Waals surface area contributed by atoms with Gasteiger partial charge < -0.3 is 15.4 Å². The zero-order valence-corrected chi connectivity index (χ0v) is 15.8. The lowest BCUT2D eigenvalue weighted by Gasteiger charge is -2.37. The highest BCUT2D eigenvalue weighted by molar-refractivity contribution is 7.20. The predicted octanol–water partition coefficient (Wildman–Crippen LogP) is 2.06. The lowest BCUT2D eigenvalue weighted by atomic mass is 10.0. The third-order valence-corrected chi connectivity index (χ3v) is 5.89. The summed E-state index contributed by atoms with van der Waals surface area (Å²) in [6.45, 7) is 2.92. The van der Waals surface area contributed by atoms with E-state index >= 15 is 0 Å². The molecule has 3 aromatic heterocycles. The molecule has 0 aliphatic carbocycles. The summed E-state index contributed by atoms with van der Waals surface area (Å²) in [6, 6.07) is 4.19. The van der Waals surface area contributed by atoms with E-state index in [2.05, 4.69) is 20.0 Å². The summed E-state index contributed by atoms with van der Waals surface area (Å²) in [5.41, 5.74) is 6.56. The largest absolute Gasteiger partial charge is 0.377 e. The van der Waals surface area contributed by atoms with E-state index in [9.17, 15) is 4.79 Å². The lowest BCUT2D eigenvalue weighted by Crippen LogP contribution is -2.42. The Morgan fingerprint density at radius 3 is 3.15 bits per heavy atom. The van der Waals surface area contributed by atoms with Gasteiger partial charge in [0.25, 0.3) is 5.91 Å².